The first kappa shape index (κ1) is 17.7. The normalized spacial score (nSPS) is 37.0. The number of hydrogen-bond donors (Lipinski definition) is 0. The molecule has 27 heavy (non-hydrogen) atoms. The van der Waals surface area contributed by atoms with Crippen LogP contribution in [0, 0.1) is 17.8 Å². The minimum Gasteiger partial charge on any atom is -0.335 e. The maximum atomic E-state index is 13.7. The van der Waals surface area contributed by atoms with E-state index >= 15 is 0 Å². The zero-order valence-corrected chi connectivity index (χ0v) is 17.0. The van der Waals surface area contributed by atoms with E-state index in [1.165, 1.54) is 49.9 Å². The van der Waals surface area contributed by atoms with Gasteiger partial charge in [-0.3, -0.25) is 9.59 Å². The van der Waals surface area contributed by atoms with Gasteiger partial charge in [0.05, 0.1) is 4.88 Å². The van der Waals surface area contributed by atoms with E-state index in [1.807, 2.05) is 22.4 Å². The van der Waals surface area contributed by atoms with Gasteiger partial charge in [-0.05, 0) is 87.5 Å². The van der Waals surface area contributed by atoms with Crippen molar-refractivity contribution in [2.75, 3.05) is 13.1 Å². The molecule has 146 valence electrons. The molecule has 1 aromatic rings. The zero-order valence-electron chi connectivity index (χ0n) is 16.2. The minimum absolute atomic E-state index is 0.0439. The van der Waals surface area contributed by atoms with Crippen LogP contribution in [0.2, 0.25) is 0 Å². The lowest BCUT2D eigenvalue weighted by atomic mass is 9.52. The molecule has 0 N–H and O–H groups in total. The van der Waals surface area contributed by atoms with Crippen molar-refractivity contribution in [3.63, 3.8) is 0 Å². The van der Waals surface area contributed by atoms with Crippen molar-refractivity contribution < 1.29 is 9.59 Å². The summed E-state index contributed by atoms with van der Waals surface area (Å²) in [4.78, 5) is 31.5. The highest BCUT2D eigenvalue weighted by Gasteiger charge is 2.55. The second-order valence-corrected chi connectivity index (χ2v) is 10.3. The highest BCUT2D eigenvalue weighted by atomic mass is 32.1. The summed E-state index contributed by atoms with van der Waals surface area (Å²) in [5, 5.41) is 1.94. The van der Waals surface area contributed by atoms with Crippen LogP contribution in [0.5, 0.6) is 0 Å². The number of rotatable bonds is 4. The van der Waals surface area contributed by atoms with Crippen molar-refractivity contribution >= 4 is 23.2 Å². The summed E-state index contributed by atoms with van der Waals surface area (Å²) in [5.74, 6) is 2.74. The van der Waals surface area contributed by atoms with Crippen LogP contribution in [0.3, 0.4) is 0 Å². The lowest BCUT2D eigenvalue weighted by molar-refractivity contribution is -0.154. The molecule has 0 aromatic carbocycles. The Morgan fingerprint density at radius 1 is 1.19 bits per heavy atom. The number of carbonyl (C=O) groups excluding carboxylic acids is 2. The van der Waals surface area contributed by atoms with Crippen LogP contribution in [-0.4, -0.2) is 46.3 Å². The summed E-state index contributed by atoms with van der Waals surface area (Å²) >= 11 is 1.48. The molecule has 5 heteroatoms. The lowest BCUT2D eigenvalue weighted by Gasteiger charge is -2.60. The Hall–Kier alpha value is -1.36. The third-order valence-corrected chi connectivity index (χ3v) is 8.55. The van der Waals surface area contributed by atoms with E-state index in [0.717, 1.165) is 42.0 Å². The number of hydrogen-bond acceptors (Lipinski definition) is 3. The first-order chi connectivity index (χ1) is 13.1. The Kier molecular flexibility index (Phi) is 4.34. The van der Waals surface area contributed by atoms with Crippen molar-refractivity contribution in [1.82, 2.24) is 9.80 Å². The van der Waals surface area contributed by atoms with Gasteiger partial charge in [-0.25, -0.2) is 0 Å². The first-order valence-corrected chi connectivity index (χ1v) is 11.6. The summed E-state index contributed by atoms with van der Waals surface area (Å²) in [6.07, 6.45) is 9.51. The summed E-state index contributed by atoms with van der Waals surface area (Å²) in [6.45, 7) is 3.63. The van der Waals surface area contributed by atoms with Gasteiger partial charge in [0.15, 0.2) is 0 Å². The molecule has 4 nitrogen and oxygen atoms in total. The maximum Gasteiger partial charge on any atom is 0.264 e. The van der Waals surface area contributed by atoms with Gasteiger partial charge in [0.1, 0.15) is 6.04 Å². The third kappa shape index (κ3) is 2.84. The van der Waals surface area contributed by atoms with Crippen LogP contribution in [-0.2, 0) is 4.79 Å². The fraction of sp³-hybridized carbons (Fsp3) is 0.727. The maximum absolute atomic E-state index is 13.7. The van der Waals surface area contributed by atoms with Crippen molar-refractivity contribution in [2.45, 2.75) is 69.9 Å². The second kappa shape index (κ2) is 6.61. The molecule has 1 aliphatic heterocycles. The molecule has 2 heterocycles. The smallest absolute Gasteiger partial charge is 0.264 e. The quantitative estimate of drug-likeness (QED) is 0.779. The third-order valence-electron chi connectivity index (χ3n) is 7.69. The van der Waals surface area contributed by atoms with E-state index in [0.29, 0.717) is 6.54 Å². The Balaban J connectivity index is 1.39. The monoisotopic (exact) mass is 386 g/mol. The molecule has 0 unspecified atom stereocenters. The van der Waals surface area contributed by atoms with Crippen LogP contribution in [0.1, 0.15) is 68.0 Å². The summed E-state index contributed by atoms with van der Waals surface area (Å²) in [7, 11) is 0. The number of amides is 2. The fourth-order valence-electron chi connectivity index (χ4n) is 7.11. The molecular formula is C22H30N2O2S. The molecule has 1 atom stereocenters. The summed E-state index contributed by atoms with van der Waals surface area (Å²) in [5.41, 5.74) is 0.0841. The minimum atomic E-state index is -0.257. The average molecular weight is 387 g/mol. The zero-order chi connectivity index (χ0) is 18.6. The Labute approximate surface area is 165 Å². The van der Waals surface area contributed by atoms with Gasteiger partial charge >= 0.3 is 0 Å². The number of nitrogens with zero attached hydrogens (tertiary/aromatic N) is 2. The van der Waals surface area contributed by atoms with Crippen LogP contribution in [0.4, 0.5) is 0 Å². The lowest BCUT2D eigenvalue weighted by Crippen LogP contribution is -2.64. The SMILES string of the molecule is CCN(C(=O)[C@@H]1CCCN1C(=O)c1cccs1)C12CC3CC(CC(C3)C1)C2. The van der Waals surface area contributed by atoms with Gasteiger partial charge in [0.2, 0.25) is 5.91 Å². The number of likely N-dealkylation sites (tertiary alicyclic amines) is 1. The molecule has 1 aromatic heterocycles. The highest BCUT2D eigenvalue weighted by Crippen LogP contribution is 2.58. The first-order valence-electron chi connectivity index (χ1n) is 10.8. The molecule has 2 amide bonds. The van der Waals surface area contributed by atoms with Crippen molar-refractivity contribution in [3.05, 3.63) is 22.4 Å². The highest BCUT2D eigenvalue weighted by molar-refractivity contribution is 7.12. The Morgan fingerprint density at radius 2 is 1.85 bits per heavy atom. The summed E-state index contributed by atoms with van der Waals surface area (Å²) in [6, 6.07) is 3.54. The van der Waals surface area contributed by atoms with Crippen molar-refractivity contribution in [2.24, 2.45) is 17.8 Å². The standard InChI is InChI=1S/C22H30N2O2S/c1-2-24(22-12-15-9-16(13-22)11-17(10-15)14-22)20(25)18-5-3-7-23(18)21(26)19-6-4-8-27-19/h4,6,8,15-18H,2-3,5,7,9-14H2,1H3/t15?,16?,17?,18-,22?/m0/s1. The second-order valence-electron chi connectivity index (χ2n) is 9.36. The average Bonchev–Trinajstić information content (AvgIpc) is 3.32. The fourth-order valence-corrected chi connectivity index (χ4v) is 7.79. The van der Waals surface area contributed by atoms with Gasteiger partial charge in [-0.2, -0.15) is 0 Å². The van der Waals surface area contributed by atoms with Gasteiger partial charge < -0.3 is 9.80 Å². The van der Waals surface area contributed by atoms with Crippen LogP contribution < -0.4 is 0 Å². The van der Waals surface area contributed by atoms with E-state index < -0.39 is 0 Å². The van der Waals surface area contributed by atoms with Crippen LogP contribution in [0.25, 0.3) is 0 Å². The van der Waals surface area contributed by atoms with E-state index in [-0.39, 0.29) is 23.4 Å². The molecule has 4 saturated carbocycles. The molecule has 4 bridgehead atoms. The number of likely N-dealkylation sites (N-methyl/N-ethyl adjacent to an activating group) is 1. The molecule has 4 aliphatic carbocycles. The van der Waals surface area contributed by atoms with Crippen LogP contribution in [0.15, 0.2) is 17.5 Å². The molecule has 5 aliphatic rings. The molecule has 1 saturated heterocycles. The molecule has 6 rings (SSSR count). The van der Waals surface area contributed by atoms with E-state index in [2.05, 4.69) is 11.8 Å². The van der Waals surface area contributed by atoms with Gasteiger partial charge in [0.25, 0.3) is 5.91 Å². The van der Waals surface area contributed by atoms with Crippen LogP contribution >= 0.6 is 11.3 Å². The largest absolute Gasteiger partial charge is 0.335 e. The topological polar surface area (TPSA) is 40.6 Å². The van der Waals surface area contributed by atoms with E-state index in [4.69, 9.17) is 0 Å². The van der Waals surface area contributed by atoms with Crippen molar-refractivity contribution in [3.8, 4) is 0 Å². The van der Waals surface area contributed by atoms with Gasteiger partial charge in [-0.15, -0.1) is 11.3 Å². The Bertz CT molecular complexity index is 693. The van der Waals surface area contributed by atoms with E-state index in [9.17, 15) is 9.59 Å². The van der Waals surface area contributed by atoms with E-state index in [1.54, 1.807) is 0 Å². The predicted molar refractivity (Wildman–Crippen MR) is 107 cm³/mol. The number of thiophene rings is 1. The molecule has 0 spiro atoms. The predicted octanol–water partition coefficient (Wildman–Crippen LogP) is 4.17. The van der Waals surface area contributed by atoms with Gasteiger partial charge in [-0.1, -0.05) is 6.07 Å². The molecular weight excluding hydrogens is 356 g/mol. The van der Waals surface area contributed by atoms with Crippen molar-refractivity contribution in [1.29, 1.82) is 0 Å². The molecule has 0 radical (unpaired) electrons. The summed E-state index contributed by atoms with van der Waals surface area (Å²) < 4.78 is 0. The Morgan fingerprint density at radius 3 is 2.41 bits per heavy atom. The molecule has 5 fully saturated rings. The van der Waals surface area contributed by atoms with Gasteiger partial charge in [0, 0.05) is 18.6 Å². The number of carbonyl (C=O) groups is 2.